The number of thiocarbonyl (C=S) groups is 1. The monoisotopic (exact) mass is 305 g/mol. The summed E-state index contributed by atoms with van der Waals surface area (Å²) in [7, 11) is 0. The van der Waals surface area contributed by atoms with Gasteiger partial charge in [0.05, 0.1) is 0 Å². The molecule has 1 heterocycles. The fraction of sp³-hybridized carbons (Fsp3) is 0.333. The van der Waals surface area contributed by atoms with Gasteiger partial charge in [0.2, 0.25) is 0 Å². The molecule has 1 aromatic carbocycles. The van der Waals surface area contributed by atoms with Gasteiger partial charge in [-0.1, -0.05) is 18.2 Å². The number of nitrogens with one attached hydrogen (secondary N) is 3. The van der Waals surface area contributed by atoms with E-state index in [0.717, 1.165) is 16.5 Å². The van der Waals surface area contributed by atoms with Gasteiger partial charge in [0.1, 0.15) is 6.04 Å². The van der Waals surface area contributed by atoms with Crippen LogP contribution < -0.4 is 10.6 Å². The van der Waals surface area contributed by atoms with E-state index in [1.54, 1.807) is 0 Å². The lowest BCUT2D eigenvalue weighted by Gasteiger charge is -2.18. The summed E-state index contributed by atoms with van der Waals surface area (Å²) in [6, 6.07) is 7.22. The predicted octanol–water partition coefficient (Wildman–Crippen LogP) is 2.04. The van der Waals surface area contributed by atoms with E-state index in [9.17, 15) is 9.90 Å². The van der Waals surface area contributed by atoms with Gasteiger partial charge in [0.15, 0.2) is 5.11 Å². The molecule has 0 fully saturated rings. The minimum Gasteiger partial charge on any atom is -0.480 e. The normalized spacial score (nSPS) is 12.3. The second-order valence-electron chi connectivity index (χ2n) is 5.23. The Balaban J connectivity index is 2.13. The summed E-state index contributed by atoms with van der Waals surface area (Å²) >= 11 is 5.12. The zero-order chi connectivity index (χ0) is 15.4. The number of H-pyrrole nitrogens is 1. The number of aliphatic carboxylic acids is 1. The molecule has 2 rings (SSSR count). The molecule has 0 aliphatic carbocycles. The first-order valence-electron chi connectivity index (χ1n) is 6.82. The largest absolute Gasteiger partial charge is 0.480 e. The molecule has 6 heteroatoms. The van der Waals surface area contributed by atoms with Crippen molar-refractivity contribution >= 4 is 34.2 Å². The fourth-order valence-electron chi connectivity index (χ4n) is 2.18. The molecule has 0 amide bonds. The summed E-state index contributed by atoms with van der Waals surface area (Å²) in [5, 5.41) is 16.6. The van der Waals surface area contributed by atoms with Crippen LogP contribution in [0.1, 0.15) is 19.4 Å². The Morgan fingerprint density at radius 3 is 2.71 bits per heavy atom. The van der Waals surface area contributed by atoms with Crippen LogP contribution in [0.3, 0.4) is 0 Å². The van der Waals surface area contributed by atoms with Gasteiger partial charge in [-0.15, -0.1) is 0 Å². The smallest absolute Gasteiger partial charge is 0.326 e. The van der Waals surface area contributed by atoms with E-state index >= 15 is 0 Å². The Morgan fingerprint density at radius 2 is 2.05 bits per heavy atom. The van der Waals surface area contributed by atoms with E-state index < -0.39 is 12.0 Å². The number of hydrogen-bond donors (Lipinski definition) is 4. The summed E-state index contributed by atoms with van der Waals surface area (Å²) in [5.74, 6) is -0.923. The van der Waals surface area contributed by atoms with Gasteiger partial charge in [0, 0.05) is 29.6 Å². The summed E-state index contributed by atoms with van der Waals surface area (Å²) < 4.78 is 0. The topological polar surface area (TPSA) is 77.1 Å². The number of carboxylic acids is 1. The number of para-hydroxylation sites is 1. The van der Waals surface area contributed by atoms with Crippen LogP contribution in [0.25, 0.3) is 10.9 Å². The average molecular weight is 305 g/mol. The van der Waals surface area contributed by atoms with Crippen LogP contribution in [0.4, 0.5) is 0 Å². The van der Waals surface area contributed by atoms with E-state index in [1.807, 2.05) is 44.3 Å². The van der Waals surface area contributed by atoms with E-state index in [-0.39, 0.29) is 6.04 Å². The number of carboxylic acid groups (broad SMARTS) is 1. The maximum atomic E-state index is 11.4. The highest BCUT2D eigenvalue weighted by molar-refractivity contribution is 7.80. The van der Waals surface area contributed by atoms with Crippen molar-refractivity contribution in [2.24, 2.45) is 0 Å². The van der Waals surface area contributed by atoms with Crippen molar-refractivity contribution in [3.8, 4) is 0 Å². The van der Waals surface area contributed by atoms with Gasteiger partial charge in [-0.3, -0.25) is 0 Å². The molecule has 0 spiro atoms. The summed E-state index contributed by atoms with van der Waals surface area (Å²) in [6.45, 7) is 3.90. The molecule has 0 bridgehead atoms. The highest BCUT2D eigenvalue weighted by Crippen LogP contribution is 2.19. The molecule has 5 nitrogen and oxygen atoms in total. The third kappa shape index (κ3) is 3.95. The molecular weight excluding hydrogens is 286 g/mol. The number of aromatic amines is 1. The van der Waals surface area contributed by atoms with Crippen molar-refractivity contribution in [2.75, 3.05) is 0 Å². The third-order valence-electron chi connectivity index (χ3n) is 3.12. The lowest BCUT2D eigenvalue weighted by molar-refractivity contribution is -0.139. The van der Waals surface area contributed by atoms with Crippen molar-refractivity contribution in [3.63, 3.8) is 0 Å². The maximum Gasteiger partial charge on any atom is 0.326 e. The molecule has 0 aliphatic heterocycles. The Morgan fingerprint density at radius 1 is 1.33 bits per heavy atom. The lowest BCUT2D eigenvalue weighted by atomic mass is 10.1. The number of rotatable bonds is 5. The molecule has 1 unspecified atom stereocenters. The van der Waals surface area contributed by atoms with Gasteiger partial charge >= 0.3 is 5.97 Å². The zero-order valence-electron chi connectivity index (χ0n) is 12.0. The highest BCUT2D eigenvalue weighted by Gasteiger charge is 2.20. The number of benzene rings is 1. The first kappa shape index (κ1) is 15.3. The van der Waals surface area contributed by atoms with Crippen LogP contribution >= 0.6 is 12.2 Å². The van der Waals surface area contributed by atoms with Crippen molar-refractivity contribution in [3.05, 3.63) is 36.0 Å². The summed E-state index contributed by atoms with van der Waals surface area (Å²) in [4.78, 5) is 14.6. The van der Waals surface area contributed by atoms with E-state index in [4.69, 9.17) is 12.2 Å². The average Bonchev–Trinajstić information content (AvgIpc) is 2.80. The first-order chi connectivity index (χ1) is 9.97. The summed E-state index contributed by atoms with van der Waals surface area (Å²) in [5.41, 5.74) is 1.96. The minimum absolute atomic E-state index is 0.160. The molecule has 0 radical (unpaired) electrons. The van der Waals surface area contributed by atoms with Gasteiger partial charge < -0.3 is 20.7 Å². The van der Waals surface area contributed by atoms with Crippen LogP contribution in [-0.2, 0) is 11.2 Å². The third-order valence-corrected chi connectivity index (χ3v) is 3.36. The molecule has 4 N–H and O–H groups in total. The molecule has 0 saturated heterocycles. The van der Waals surface area contributed by atoms with Crippen LogP contribution in [0.15, 0.2) is 30.5 Å². The Hall–Kier alpha value is -2.08. The molecule has 0 saturated carbocycles. The van der Waals surface area contributed by atoms with Crippen LogP contribution in [-0.4, -0.2) is 33.3 Å². The van der Waals surface area contributed by atoms with Crippen molar-refractivity contribution in [1.82, 2.24) is 15.6 Å². The number of hydrogen-bond acceptors (Lipinski definition) is 2. The maximum absolute atomic E-state index is 11.4. The highest BCUT2D eigenvalue weighted by atomic mass is 32.1. The first-order valence-corrected chi connectivity index (χ1v) is 7.23. The number of carbonyl (C=O) groups is 1. The van der Waals surface area contributed by atoms with Crippen molar-refractivity contribution in [2.45, 2.75) is 32.4 Å². The summed E-state index contributed by atoms with van der Waals surface area (Å²) in [6.07, 6.45) is 2.21. The molecule has 0 aliphatic rings. The van der Waals surface area contributed by atoms with Crippen LogP contribution in [0.2, 0.25) is 0 Å². The number of aromatic nitrogens is 1. The van der Waals surface area contributed by atoms with Gasteiger partial charge in [-0.2, -0.15) is 0 Å². The van der Waals surface area contributed by atoms with Gasteiger partial charge in [-0.05, 0) is 37.7 Å². The second-order valence-corrected chi connectivity index (χ2v) is 5.64. The fourth-order valence-corrected chi connectivity index (χ4v) is 2.56. The van der Waals surface area contributed by atoms with Crippen molar-refractivity contribution in [1.29, 1.82) is 0 Å². The molecule has 1 aromatic heterocycles. The quantitative estimate of drug-likeness (QED) is 0.636. The standard InChI is InChI=1S/C15H19N3O2S/c1-9(2)17-15(21)18-13(14(19)20)7-10-8-16-12-6-4-3-5-11(10)12/h3-6,8-9,13,16H,7H2,1-2H3,(H,19,20)(H2,17,18,21). The Labute approximate surface area is 128 Å². The van der Waals surface area contributed by atoms with E-state index in [1.165, 1.54) is 0 Å². The van der Waals surface area contributed by atoms with Crippen molar-refractivity contribution < 1.29 is 9.90 Å². The molecule has 2 aromatic rings. The number of fused-ring (bicyclic) bond motifs is 1. The van der Waals surface area contributed by atoms with Crippen LogP contribution in [0, 0.1) is 0 Å². The zero-order valence-corrected chi connectivity index (χ0v) is 12.8. The van der Waals surface area contributed by atoms with Gasteiger partial charge in [0.25, 0.3) is 0 Å². The molecular formula is C15H19N3O2S. The SMILES string of the molecule is CC(C)NC(=S)NC(Cc1c[nH]c2ccccc12)C(=O)O. The predicted molar refractivity (Wildman–Crippen MR) is 87.4 cm³/mol. The van der Waals surface area contributed by atoms with E-state index in [0.29, 0.717) is 11.5 Å². The molecule has 112 valence electrons. The molecule has 21 heavy (non-hydrogen) atoms. The van der Waals surface area contributed by atoms with Crippen LogP contribution in [0.5, 0.6) is 0 Å². The van der Waals surface area contributed by atoms with E-state index in [2.05, 4.69) is 15.6 Å². The second kappa shape index (κ2) is 6.58. The van der Waals surface area contributed by atoms with Gasteiger partial charge in [-0.25, -0.2) is 4.79 Å². The Kier molecular flexibility index (Phi) is 4.80. The molecule has 1 atom stereocenters. The lowest BCUT2D eigenvalue weighted by Crippen LogP contribution is -2.48. The Bertz CT molecular complexity index is 651. The minimum atomic E-state index is -0.923.